The highest BCUT2D eigenvalue weighted by Crippen LogP contribution is 2.41. The molecule has 6 nitrogen and oxygen atoms in total. The molecule has 0 radical (unpaired) electrons. The number of rotatable bonds is 7. The Balaban J connectivity index is 1.40. The summed E-state index contributed by atoms with van der Waals surface area (Å²) < 4.78 is 11.3. The molecule has 0 bridgehead atoms. The molecule has 0 unspecified atom stereocenters. The van der Waals surface area contributed by atoms with E-state index in [1.54, 1.807) is 6.92 Å². The summed E-state index contributed by atoms with van der Waals surface area (Å²) in [6, 6.07) is 18.0. The molecule has 2 aliphatic rings. The SMILES string of the molecule is CCOc1ccc(CNC(=O)C2=C(C)C(=O)OC23CCN(Cc2ccccc2)CC3)cc1. The van der Waals surface area contributed by atoms with Gasteiger partial charge in [-0.2, -0.15) is 0 Å². The van der Waals surface area contributed by atoms with Crippen molar-refractivity contribution in [3.05, 3.63) is 76.9 Å². The summed E-state index contributed by atoms with van der Waals surface area (Å²) in [6.07, 6.45) is 1.24. The monoisotopic (exact) mass is 434 g/mol. The van der Waals surface area contributed by atoms with Gasteiger partial charge in [-0.1, -0.05) is 42.5 Å². The normalized spacial score (nSPS) is 18.0. The van der Waals surface area contributed by atoms with Crippen molar-refractivity contribution >= 4 is 11.9 Å². The fraction of sp³-hybridized carbons (Fsp3) is 0.385. The maximum Gasteiger partial charge on any atom is 0.335 e. The summed E-state index contributed by atoms with van der Waals surface area (Å²) >= 11 is 0. The number of carbonyl (C=O) groups is 2. The molecule has 0 aromatic heterocycles. The molecule has 2 aromatic carbocycles. The van der Waals surface area contributed by atoms with Crippen LogP contribution >= 0.6 is 0 Å². The minimum atomic E-state index is -0.822. The van der Waals surface area contributed by atoms with E-state index in [4.69, 9.17) is 9.47 Å². The molecule has 2 aromatic rings. The van der Waals surface area contributed by atoms with Gasteiger partial charge in [0.15, 0.2) is 0 Å². The highest BCUT2D eigenvalue weighted by molar-refractivity contribution is 6.07. The first-order valence-corrected chi connectivity index (χ1v) is 11.2. The lowest BCUT2D eigenvalue weighted by molar-refractivity contribution is -0.151. The van der Waals surface area contributed by atoms with Gasteiger partial charge in [0.05, 0.1) is 12.2 Å². The first-order chi connectivity index (χ1) is 15.5. The number of likely N-dealkylation sites (tertiary alicyclic amines) is 1. The van der Waals surface area contributed by atoms with Gasteiger partial charge in [0.25, 0.3) is 5.91 Å². The lowest BCUT2D eigenvalue weighted by atomic mass is 9.82. The molecule has 168 valence electrons. The third kappa shape index (κ3) is 4.70. The van der Waals surface area contributed by atoms with Crippen LogP contribution in [-0.4, -0.2) is 42.1 Å². The smallest absolute Gasteiger partial charge is 0.335 e. The second kappa shape index (κ2) is 9.57. The maximum absolute atomic E-state index is 13.2. The molecule has 1 N–H and O–H groups in total. The van der Waals surface area contributed by atoms with E-state index in [1.165, 1.54) is 5.56 Å². The van der Waals surface area contributed by atoms with E-state index in [-0.39, 0.29) is 11.9 Å². The summed E-state index contributed by atoms with van der Waals surface area (Å²) in [5.74, 6) is 0.198. The summed E-state index contributed by atoms with van der Waals surface area (Å²) in [7, 11) is 0. The van der Waals surface area contributed by atoms with Gasteiger partial charge in [0.1, 0.15) is 11.4 Å². The number of hydrogen-bond donors (Lipinski definition) is 1. The van der Waals surface area contributed by atoms with E-state index in [0.29, 0.717) is 37.1 Å². The zero-order valence-electron chi connectivity index (χ0n) is 18.7. The van der Waals surface area contributed by atoms with Crippen LogP contribution in [0, 0.1) is 0 Å². The van der Waals surface area contributed by atoms with Gasteiger partial charge < -0.3 is 14.8 Å². The topological polar surface area (TPSA) is 67.9 Å². The zero-order chi connectivity index (χ0) is 22.6. The first kappa shape index (κ1) is 22.1. The number of carbonyl (C=O) groups excluding carboxylic acids is 2. The minimum absolute atomic E-state index is 0.223. The Labute approximate surface area is 189 Å². The molecular formula is C26H30N2O4. The van der Waals surface area contributed by atoms with Crippen LogP contribution < -0.4 is 10.1 Å². The molecule has 0 saturated carbocycles. The van der Waals surface area contributed by atoms with Crippen LogP contribution in [0.5, 0.6) is 5.75 Å². The Bertz CT molecular complexity index is 990. The number of amides is 1. The van der Waals surface area contributed by atoms with E-state index in [9.17, 15) is 9.59 Å². The van der Waals surface area contributed by atoms with Gasteiger partial charge in [-0.05, 0) is 37.1 Å². The number of hydrogen-bond acceptors (Lipinski definition) is 5. The van der Waals surface area contributed by atoms with Crippen molar-refractivity contribution in [2.24, 2.45) is 0 Å². The molecule has 0 atom stereocenters. The fourth-order valence-electron chi connectivity index (χ4n) is 4.53. The predicted molar refractivity (Wildman–Crippen MR) is 122 cm³/mol. The molecule has 1 spiro atoms. The van der Waals surface area contributed by atoms with Crippen molar-refractivity contribution in [1.82, 2.24) is 10.2 Å². The predicted octanol–water partition coefficient (Wildman–Crippen LogP) is 3.61. The van der Waals surface area contributed by atoms with Crippen LogP contribution in [0.4, 0.5) is 0 Å². The summed E-state index contributed by atoms with van der Waals surface area (Å²) in [5.41, 5.74) is 2.32. The Morgan fingerprint density at radius 3 is 2.41 bits per heavy atom. The first-order valence-electron chi connectivity index (χ1n) is 11.2. The molecule has 32 heavy (non-hydrogen) atoms. The number of benzene rings is 2. The van der Waals surface area contributed by atoms with Gasteiger partial charge in [-0.15, -0.1) is 0 Å². The Kier molecular flexibility index (Phi) is 6.61. The highest BCUT2D eigenvalue weighted by atomic mass is 16.6. The average molecular weight is 435 g/mol. The van der Waals surface area contributed by atoms with Gasteiger partial charge in [-0.3, -0.25) is 9.69 Å². The van der Waals surface area contributed by atoms with Crippen molar-refractivity contribution in [1.29, 1.82) is 0 Å². The Morgan fingerprint density at radius 2 is 1.75 bits per heavy atom. The number of nitrogens with zero attached hydrogens (tertiary/aromatic N) is 1. The number of piperidine rings is 1. The van der Waals surface area contributed by atoms with Gasteiger partial charge in [0, 0.05) is 44.6 Å². The zero-order valence-corrected chi connectivity index (χ0v) is 18.7. The van der Waals surface area contributed by atoms with E-state index in [0.717, 1.165) is 30.9 Å². The van der Waals surface area contributed by atoms with Crippen LogP contribution in [0.3, 0.4) is 0 Å². The summed E-state index contributed by atoms with van der Waals surface area (Å²) in [5, 5.41) is 2.98. The summed E-state index contributed by atoms with van der Waals surface area (Å²) in [4.78, 5) is 27.9. The third-order valence-corrected chi connectivity index (χ3v) is 6.25. The van der Waals surface area contributed by atoms with Crippen molar-refractivity contribution in [3.8, 4) is 5.75 Å². The quantitative estimate of drug-likeness (QED) is 0.675. The van der Waals surface area contributed by atoms with E-state index in [1.807, 2.05) is 49.4 Å². The molecule has 0 aliphatic carbocycles. The highest BCUT2D eigenvalue weighted by Gasteiger charge is 2.50. The molecule has 1 fully saturated rings. The van der Waals surface area contributed by atoms with Crippen LogP contribution in [0.25, 0.3) is 0 Å². The van der Waals surface area contributed by atoms with Crippen LogP contribution in [0.1, 0.15) is 37.8 Å². The lowest BCUT2D eigenvalue weighted by Crippen LogP contribution is -2.48. The van der Waals surface area contributed by atoms with Crippen LogP contribution in [0.2, 0.25) is 0 Å². The van der Waals surface area contributed by atoms with E-state index >= 15 is 0 Å². The van der Waals surface area contributed by atoms with E-state index in [2.05, 4.69) is 22.3 Å². The van der Waals surface area contributed by atoms with Gasteiger partial charge in [0.2, 0.25) is 0 Å². The molecule has 4 rings (SSSR count). The van der Waals surface area contributed by atoms with Crippen LogP contribution in [0.15, 0.2) is 65.7 Å². The molecule has 6 heteroatoms. The Hall–Kier alpha value is -3.12. The van der Waals surface area contributed by atoms with E-state index < -0.39 is 5.60 Å². The van der Waals surface area contributed by atoms with Gasteiger partial charge >= 0.3 is 5.97 Å². The number of esters is 1. The van der Waals surface area contributed by atoms with Crippen molar-refractivity contribution in [3.63, 3.8) is 0 Å². The second-order valence-electron chi connectivity index (χ2n) is 8.41. The van der Waals surface area contributed by atoms with Gasteiger partial charge in [-0.25, -0.2) is 4.79 Å². The largest absolute Gasteiger partial charge is 0.494 e. The molecule has 1 saturated heterocycles. The fourth-order valence-corrected chi connectivity index (χ4v) is 4.53. The lowest BCUT2D eigenvalue weighted by Gasteiger charge is -2.39. The Morgan fingerprint density at radius 1 is 1.06 bits per heavy atom. The number of nitrogens with one attached hydrogen (secondary N) is 1. The molecule has 2 aliphatic heterocycles. The third-order valence-electron chi connectivity index (χ3n) is 6.25. The minimum Gasteiger partial charge on any atom is -0.494 e. The van der Waals surface area contributed by atoms with Crippen LogP contribution in [-0.2, 0) is 27.4 Å². The number of ether oxygens (including phenoxy) is 2. The molecule has 2 heterocycles. The van der Waals surface area contributed by atoms with Crippen molar-refractivity contribution in [2.45, 2.75) is 45.4 Å². The molecule has 1 amide bonds. The van der Waals surface area contributed by atoms with Crippen molar-refractivity contribution < 1.29 is 19.1 Å². The molecular weight excluding hydrogens is 404 g/mol. The second-order valence-corrected chi connectivity index (χ2v) is 8.41. The summed E-state index contributed by atoms with van der Waals surface area (Å²) in [6.45, 7) is 7.02. The standard InChI is InChI=1S/C26H30N2O4/c1-3-31-22-11-9-20(10-12-22)17-27-24(29)23-19(2)25(30)32-26(23)13-15-28(16-14-26)18-21-7-5-4-6-8-21/h4-12H,3,13-18H2,1-2H3,(H,27,29). The average Bonchev–Trinajstić information content (AvgIpc) is 3.05. The van der Waals surface area contributed by atoms with Crippen molar-refractivity contribution in [2.75, 3.05) is 19.7 Å². The maximum atomic E-state index is 13.2.